The van der Waals surface area contributed by atoms with Crippen LogP contribution in [0.25, 0.3) is 16.6 Å². The summed E-state index contributed by atoms with van der Waals surface area (Å²) < 4.78 is 1.23. The predicted molar refractivity (Wildman–Crippen MR) is 66.5 cm³/mol. The normalized spacial score (nSPS) is 11.2. The Labute approximate surface area is 101 Å². The van der Waals surface area contributed by atoms with E-state index in [0.29, 0.717) is 21.7 Å². The van der Waals surface area contributed by atoms with Crippen molar-refractivity contribution in [3.05, 3.63) is 51.4 Å². The molecule has 0 atom stereocenters. The molecule has 0 spiro atoms. The van der Waals surface area contributed by atoms with Crippen molar-refractivity contribution in [2.75, 3.05) is 0 Å². The first-order valence-electron chi connectivity index (χ1n) is 5.12. The van der Waals surface area contributed by atoms with Crippen LogP contribution in [0.1, 0.15) is 5.56 Å². The number of benzene rings is 1. The van der Waals surface area contributed by atoms with E-state index in [0.717, 1.165) is 5.56 Å². The van der Waals surface area contributed by atoms with Crippen molar-refractivity contribution in [1.29, 1.82) is 0 Å². The Hall–Kier alpha value is -1.94. The van der Waals surface area contributed by atoms with Crippen LogP contribution in [0.4, 0.5) is 0 Å². The highest BCUT2D eigenvalue weighted by Gasteiger charge is 2.07. The van der Waals surface area contributed by atoms with Gasteiger partial charge in [-0.1, -0.05) is 23.7 Å². The minimum absolute atomic E-state index is 0.201. The van der Waals surface area contributed by atoms with Gasteiger partial charge in [0.15, 0.2) is 10.8 Å². The third-order valence-corrected chi connectivity index (χ3v) is 3.01. The van der Waals surface area contributed by atoms with Gasteiger partial charge in [-0.15, -0.1) is 0 Å². The lowest BCUT2D eigenvalue weighted by atomic mass is 10.2. The summed E-state index contributed by atoms with van der Waals surface area (Å²) in [6.07, 6.45) is 0. The maximum absolute atomic E-state index is 12.2. The molecule has 0 bridgehead atoms. The summed E-state index contributed by atoms with van der Waals surface area (Å²) in [7, 11) is 0. The Morgan fingerprint density at radius 3 is 2.88 bits per heavy atom. The van der Waals surface area contributed by atoms with E-state index in [9.17, 15) is 4.79 Å². The van der Waals surface area contributed by atoms with E-state index in [2.05, 4.69) is 10.1 Å². The minimum Gasteiger partial charge on any atom is -0.267 e. The van der Waals surface area contributed by atoms with Gasteiger partial charge in [0.1, 0.15) is 0 Å². The smallest absolute Gasteiger partial charge is 0.267 e. The molecule has 84 valence electrons. The number of para-hydroxylation sites is 1. The average Bonchev–Trinajstić information content (AvgIpc) is 2.32. The van der Waals surface area contributed by atoms with Gasteiger partial charge in [-0.05, 0) is 30.7 Å². The fourth-order valence-corrected chi connectivity index (χ4v) is 1.88. The molecule has 2 heterocycles. The topological polar surface area (TPSA) is 47.3 Å². The van der Waals surface area contributed by atoms with Crippen molar-refractivity contribution in [2.24, 2.45) is 0 Å². The Bertz CT molecular complexity index is 795. The molecule has 5 heteroatoms. The molecule has 0 aliphatic heterocycles. The highest BCUT2D eigenvalue weighted by Crippen LogP contribution is 2.14. The molecule has 0 radical (unpaired) electrons. The lowest BCUT2D eigenvalue weighted by Gasteiger charge is -2.04. The SMILES string of the molecule is Cc1cc2nc3ccccc3c(=O)n2nc1Cl. The van der Waals surface area contributed by atoms with Crippen LogP contribution < -0.4 is 5.56 Å². The number of nitrogens with zero attached hydrogens (tertiary/aromatic N) is 3. The van der Waals surface area contributed by atoms with Crippen molar-refractivity contribution >= 4 is 28.2 Å². The summed E-state index contributed by atoms with van der Waals surface area (Å²) in [5.74, 6) is 0. The first-order valence-corrected chi connectivity index (χ1v) is 5.49. The van der Waals surface area contributed by atoms with Crippen molar-refractivity contribution < 1.29 is 0 Å². The van der Waals surface area contributed by atoms with Gasteiger partial charge in [0.05, 0.1) is 10.9 Å². The minimum atomic E-state index is -0.201. The van der Waals surface area contributed by atoms with E-state index in [1.54, 1.807) is 24.3 Å². The Kier molecular flexibility index (Phi) is 2.12. The third kappa shape index (κ3) is 1.49. The van der Waals surface area contributed by atoms with Crippen LogP contribution in [-0.4, -0.2) is 14.6 Å². The largest absolute Gasteiger partial charge is 0.282 e. The van der Waals surface area contributed by atoms with Gasteiger partial charge in [-0.3, -0.25) is 4.79 Å². The lowest BCUT2D eigenvalue weighted by Crippen LogP contribution is -2.18. The monoisotopic (exact) mass is 245 g/mol. The fraction of sp³-hybridized carbons (Fsp3) is 0.0833. The number of hydrogen-bond donors (Lipinski definition) is 0. The summed E-state index contributed by atoms with van der Waals surface area (Å²) >= 11 is 5.91. The van der Waals surface area contributed by atoms with Gasteiger partial charge >= 0.3 is 0 Å². The summed E-state index contributed by atoms with van der Waals surface area (Å²) in [5.41, 5.74) is 1.78. The standard InChI is InChI=1S/C12H8ClN3O/c1-7-6-10-14-9-5-3-2-4-8(9)12(17)16(10)15-11(7)13/h2-6H,1H3. The molecule has 2 aromatic heterocycles. The fourth-order valence-electron chi connectivity index (χ4n) is 1.75. The van der Waals surface area contributed by atoms with E-state index in [1.165, 1.54) is 4.52 Å². The zero-order valence-electron chi connectivity index (χ0n) is 9.01. The second-order valence-electron chi connectivity index (χ2n) is 3.82. The number of fused-ring (bicyclic) bond motifs is 2. The molecule has 3 rings (SSSR count). The molecule has 0 aliphatic rings. The Balaban J connectivity index is 2.60. The molecule has 0 saturated carbocycles. The first-order chi connectivity index (χ1) is 8.16. The van der Waals surface area contributed by atoms with E-state index >= 15 is 0 Å². The summed E-state index contributed by atoms with van der Waals surface area (Å²) in [6, 6.07) is 8.94. The van der Waals surface area contributed by atoms with Crippen LogP contribution in [0.15, 0.2) is 35.1 Å². The number of hydrogen-bond acceptors (Lipinski definition) is 3. The highest BCUT2D eigenvalue weighted by atomic mass is 35.5. The van der Waals surface area contributed by atoms with Crippen LogP contribution in [-0.2, 0) is 0 Å². The van der Waals surface area contributed by atoms with Crippen molar-refractivity contribution in [1.82, 2.24) is 14.6 Å². The predicted octanol–water partition coefficient (Wildman–Crippen LogP) is 2.20. The molecule has 0 fully saturated rings. The van der Waals surface area contributed by atoms with Gasteiger partial charge < -0.3 is 0 Å². The Morgan fingerprint density at radius 2 is 2.06 bits per heavy atom. The van der Waals surface area contributed by atoms with Gasteiger partial charge in [0, 0.05) is 0 Å². The molecular formula is C12H8ClN3O. The van der Waals surface area contributed by atoms with E-state index in [1.807, 2.05) is 13.0 Å². The molecule has 3 aromatic rings. The van der Waals surface area contributed by atoms with Crippen LogP contribution in [0.2, 0.25) is 5.15 Å². The zero-order valence-corrected chi connectivity index (χ0v) is 9.77. The van der Waals surface area contributed by atoms with Gasteiger partial charge in [0.2, 0.25) is 0 Å². The van der Waals surface area contributed by atoms with Gasteiger partial charge in [-0.25, -0.2) is 4.98 Å². The van der Waals surface area contributed by atoms with Gasteiger partial charge in [0.25, 0.3) is 5.56 Å². The van der Waals surface area contributed by atoms with Crippen molar-refractivity contribution in [3.63, 3.8) is 0 Å². The maximum Gasteiger partial charge on any atom is 0.282 e. The second-order valence-corrected chi connectivity index (χ2v) is 4.18. The first kappa shape index (κ1) is 10.2. The molecule has 0 aliphatic carbocycles. The van der Waals surface area contributed by atoms with E-state index in [4.69, 9.17) is 11.6 Å². The summed E-state index contributed by atoms with van der Waals surface area (Å²) in [4.78, 5) is 16.5. The third-order valence-electron chi connectivity index (χ3n) is 2.64. The lowest BCUT2D eigenvalue weighted by molar-refractivity contribution is 0.875. The maximum atomic E-state index is 12.2. The summed E-state index contributed by atoms with van der Waals surface area (Å²) in [6.45, 7) is 1.83. The number of aromatic nitrogens is 3. The van der Waals surface area contributed by atoms with Gasteiger partial charge in [-0.2, -0.15) is 9.61 Å². The molecular weight excluding hydrogens is 238 g/mol. The molecule has 4 nitrogen and oxygen atoms in total. The molecule has 0 saturated heterocycles. The molecule has 0 N–H and O–H groups in total. The van der Waals surface area contributed by atoms with E-state index in [-0.39, 0.29) is 5.56 Å². The highest BCUT2D eigenvalue weighted by molar-refractivity contribution is 6.30. The second kappa shape index (κ2) is 3.53. The average molecular weight is 246 g/mol. The number of halogens is 1. The molecule has 17 heavy (non-hydrogen) atoms. The van der Waals surface area contributed by atoms with Crippen molar-refractivity contribution in [2.45, 2.75) is 6.92 Å². The number of aryl methyl sites for hydroxylation is 1. The molecule has 0 amide bonds. The van der Waals surface area contributed by atoms with Crippen LogP contribution in [0, 0.1) is 6.92 Å². The molecule has 0 unspecified atom stereocenters. The van der Waals surface area contributed by atoms with Crippen LogP contribution in [0.5, 0.6) is 0 Å². The number of rotatable bonds is 0. The Morgan fingerprint density at radius 1 is 1.29 bits per heavy atom. The quantitative estimate of drug-likeness (QED) is 0.571. The summed E-state index contributed by atoms with van der Waals surface area (Å²) in [5, 5.41) is 4.89. The van der Waals surface area contributed by atoms with E-state index < -0.39 is 0 Å². The molecule has 1 aromatic carbocycles. The van der Waals surface area contributed by atoms with Crippen LogP contribution >= 0.6 is 11.6 Å². The van der Waals surface area contributed by atoms with Crippen LogP contribution in [0.3, 0.4) is 0 Å². The van der Waals surface area contributed by atoms with Crippen molar-refractivity contribution in [3.8, 4) is 0 Å². The zero-order chi connectivity index (χ0) is 12.0.